The Labute approximate surface area is 91.9 Å². The molecule has 0 saturated heterocycles. The van der Waals surface area contributed by atoms with Crippen molar-refractivity contribution in [3.63, 3.8) is 0 Å². The molecule has 2 atom stereocenters. The van der Waals surface area contributed by atoms with Crippen LogP contribution in [0.25, 0.3) is 0 Å². The molecule has 15 heavy (non-hydrogen) atoms. The normalized spacial score (nSPS) is 26.0. The van der Waals surface area contributed by atoms with Gasteiger partial charge in [0.15, 0.2) is 0 Å². The van der Waals surface area contributed by atoms with Crippen LogP contribution in [-0.2, 0) is 13.5 Å². The zero-order valence-corrected chi connectivity index (χ0v) is 9.74. The highest BCUT2D eigenvalue weighted by Crippen LogP contribution is 2.29. The maximum atomic E-state index is 4.20. The van der Waals surface area contributed by atoms with Gasteiger partial charge in [0.2, 0.25) is 0 Å². The van der Waals surface area contributed by atoms with Crippen molar-refractivity contribution in [1.82, 2.24) is 15.1 Å². The van der Waals surface area contributed by atoms with Gasteiger partial charge in [0, 0.05) is 19.3 Å². The van der Waals surface area contributed by atoms with E-state index in [0.29, 0.717) is 0 Å². The van der Waals surface area contributed by atoms with Gasteiger partial charge in [-0.1, -0.05) is 0 Å². The minimum absolute atomic E-state index is 0.767. The molecular formula is C12H21N3. The molecule has 1 heterocycles. The summed E-state index contributed by atoms with van der Waals surface area (Å²) in [5.41, 5.74) is 1.38. The predicted octanol–water partition coefficient (Wildman–Crippen LogP) is 1.74. The van der Waals surface area contributed by atoms with E-state index in [-0.39, 0.29) is 0 Å². The van der Waals surface area contributed by atoms with Crippen LogP contribution in [0.1, 0.15) is 31.2 Å². The van der Waals surface area contributed by atoms with Gasteiger partial charge in [-0.3, -0.25) is 4.68 Å². The Bertz CT molecular complexity index is 306. The molecular weight excluding hydrogens is 186 g/mol. The van der Waals surface area contributed by atoms with E-state index >= 15 is 0 Å². The average Bonchev–Trinajstić information content (AvgIpc) is 2.83. The molecule has 0 bridgehead atoms. The second kappa shape index (κ2) is 4.79. The molecule has 1 aliphatic carbocycles. The van der Waals surface area contributed by atoms with Crippen LogP contribution in [-0.4, -0.2) is 22.9 Å². The fraction of sp³-hybridized carbons (Fsp3) is 0.750. The monoisotopic (exact) mass is 207 g/mol. The molecule has 1 aromatic heterocycles. The zero-order valence-electron chi connectivity index (χ0n) is 9.74. The van der Waals surface area contributed by atoms with Gasteiger partial charge in [-0.05, 0) is 50.6 Å². The number of hydrogen-bond acceptors (Lipinski definition) is 2. The van der Waals surface area contributed by atoms with Crippen LogP contribution in [0.4, 0.5) is 0 Å². The van der Waals surface area contributed by atoms with E-state index in [1.807, 2.05) is 17.9 Å². The van der Waals surface area contributed by atoms with Crippen molar-refractivity contribution < 1.29 is 0 Å². The first kappa shape index (κ1) is 10.7. The smallest absolute Gasteiger partial charge is 0.0521 e. The molecule has 1 fully saturated rings. The SMILES string of the molecule is CNC1CCC(CCc2cnn(C)c2)C1. The Morgan fingerprint density at radius 1 is 1.53 bits per heavy atom. The van der Waals surface area contributed by atoms with E-state index in [4.69, 9.17) is 0 Å². The van der Waals surface area contributed by atoms with Crippen molar-refractivity contribution in [3.8, 4) is 0 Å². The van der Waals surface area contributed by atoms with Gasteiger partial charge in [-0.25, -0.2) is 0 Å². The zero-order chi connectivity index (χ0) is 10.7. The lowest BCUT2D eigenvalue weighted by atomic mass is 9.99. The lowest BCUT2D eigenvalue weighted by molar-refractivity contribution is 0.479. The summed E-state index contributed by atoms with van der Waals surface area (Å²) in [5, 5.41) is 7.58. The van der Waals surface area contributed by atoms with E-state index in [0.717, 1.165) is 12.0 Å². The Kier molecular flexibility index (Phi) is 3.41. The number of rotatable bonds is 4. The summed E-state index contributed by atoms with van der Waals surface area (Å²) in [6.45, 7) is 0. The van der Waals surface area contributed by atoms with Crippen LogP contribution in [0.5, 0.6) is 0 Å². The topological polar surface area (TPSA) is 29.9 Å². The fourth-order valence-electron chi connectivity index (χ4n) is 2.57. The summed E-state index contributed by atoms with van der Waals surface area (Å²) in [6.07, 6.45) is 10.7. The van der Waals surface area contributed by atoms with Gasteiger partial charge in [0.25, 0.3) is 0 Å². The molecule has 0 spiro atoms. The molecule has 1 aromatic rings. The van der Waals surface area contributed by atoms with Crippen molar-refractivity contribution in [1.29, 1.82) is 0 Å². The van der Waals surface area contributed by atoms with E-state index < -0.39 is 0 Å². The first-order chi connectivity index (χ1) is 7.28. The van der Waals surface area contributed by atoms with E-state index in [2.05, 4.69) is 23.7 Å². The Balaban J connectivity index is 1.75. The number of nitrogens with zero attached hydrogens (tertiary/aromatic N) is 2. The lowest BCUT2D eigenvalue weighted by Crippen LogP contribution is -2.21. The number of hydrogen-bond donors (Lipinski definition) is 1. The highest BCUT2D eigenvalue weighted by Gasteiger charge is 2.22. The summed E-state index contributed by atoms with van der Waals surface area (Å²) < 4.78 is 1.89. The minimum atomic E-state index is 0.767. The highest BCUT2D eigenvalue weighted by molar-refractivity contribution is 5.03. The first-order valence-electron chi connectivity index (χ1n) is 5.92. The Morgan fingerprint density at radius 3 is 3.00 bits per heavy atom. The summed E-state index contributed by atoms with van der Waals surface area (Å²) in [7, 11) is 4.06. The first-order valence-corrected chi connectivity index (χ1v) is 5.92. The summed E-state index contributed by atoms with van der Waals surface area (Å²) >= 11 is 0. The van der Waals surface area contributed by atoms with Crippen LogP contribution in [0.2, 0.25) is 0 Å². The van der Waals surface area contributed by atoms with Gasteiger partial charge in [-0.15, -0.1) is 0 Å². The predicted molar refractivity (Wildman–Crippen MR) is 61.7 cm³/mol. The molecule has 0 radical (unpaired) electrons. The molecule has 1 N–H and O–H groups in total. The molecule has 1 saturated carbocycles. The van der Waals surface area contributed by atoms with Gasteiger partial charge >= 0.3 is 0 Å². The molecule has 3 heteroatoms. The maximum Gasteiger partial charge on any atom is 0.0521 e. The van der Waals surface area contributed by atoms with E-state index in [9.17, 15) is 0 Å². The second-order valence-corrected chi connectivity index (χ2v) is 4.73. The molecule has 0 amide bonds. The fourth-order valence-corrected chi connectivity index (χ4v) is 2.57. The van der Waals surface area contributed by atoms with Crippen molar-refractivity contribution in [2.45, 2.75) is 38.1 Å². The summed E-state index contributed by atoms with van der Waals surface area (Å²) in [6, 6.07) is 0.767. The van der Waals surface area contributed by atoms with E-state index in [1.54, 1.807) is 0 Å². The standard InChI is InChI=1S/C12H21N3/c1-13-12-6-5-10(7-12)3-4-11-8-14-15(2)9-11/h8-10,12-13H,3-7H2,1-2H3. The number of aromatic nitrogens is 2. The van der Waals surface area contributed by atoms with Gasteiger partial charge in [0.1, 0.15) is 0 Å². The van der Waals surface area contributed by atoms with Gasteiger partial charge in [-0.2, -0.15) is 5.10 Å². The van der Waals surface area contributed by atoms with Crippen LogP contribution in [0, 0.1) is 5.92 Å². The number of nitrogens with one attached hydrogen (secondary N) is 1. The molecule has 1 aliphatic rings. The largest absolute Gasteiger partial charge is 0.317 e. The lowest BCUT2D eigenvalue weighted by Gasteiger charge is -2.09. The summed E-state index contributed by atoms with van der Waals surface area (Å²) in [5.74, 6) is 0.919. The molecule has 0 aliphatic heterocycles. The molecule has 84 valence electrons. The van der Waals surface area contributed by atoms with Gasteiger partial charge in [0.05, 0.1) is 6.20 Å². The Hall–Kier alpha value is -0.830. The molecule has 3 nitrogen and oxygen atoms in total. The van der Waals surface area contributed by atoms with Crippen molar-refractivity contribution >= 4 is 0 Å². The average molecular weight is 207 g/mol. The molecule has 0 aromatic carbocycles. The van der Waals surface area contributed by atoms with Crippen LogP contribution in [0.3, 0.4) is 0 Å². The maximum absolute atomic E-state index is 4.20. The molecule has 2 rings (SSSR count). The van der Waals surface area contributed by atoms with Crippen LogP contribution in [0.15, 0.2) is 12.4 Å². The molecule has 2 unspecified atom stereocenters. The minimum Gasteiger partial charge on any atom is -0.317 e. The third kappa shape index (κ3) is 2.81. The van der Waals surface area contributed by atoms with Crippen LogP contribution >= 0.6 is 0 Å². The third-order valence-corrected chi connectivity index (χ3v) is 3.55. The van der Waals surface area contributed by atoms with Crippen molar-refractivity contribution in [3.05, 3.63) is 18.0 Å². The second-order valence-electron chi connectivity index (χ2n) is 4.73. The van der Waals surface area contributed by atoms with Gasteiger partial charge < -0.3 is 5.32 Å². The Morgan fingerprint density at radius 2 is 2.40 bits per heavy atom. The van der Waals surface area contributed by atoms with Crippen molar-refractivity contribution in [2.75, 3.05) is 7.05 Å². The van der Waals surface area contributed by atoms with Crippen molar-refractivity contribution in [2.24, 2.45) is 13.0 Å². The highest BCUT2D eigenvalue weighted by atomic mass is 15.2. The number of aryl methyl sites for hydroxylation is 2. The summed E-state index contributed by atoms with van der Waals surface area (Å²) in [4.78, 5) is 0. The van der Waals surface area contributed by atoms with E-state index in [1.165, 1.54) is 37.7 Å². The van der Waals surface area contributed by atoms with Crippen LogP contribution < -0.4 is 5.32 Å². The quantitative estimate of drug-likeness (QED) is 0.815. The third-order valence-electron chi connectivity index (χ3n) is 3.55.